The monoisotopic (exact) mass is 303 g/mol. The number of rotatable bonds is 5. The minimum atomic E-state index is 0.188. The SMILES string of the molecule is CNC(C)c1ccc(-c2ccc(OC(C)C)cc2)cc1Cl. The summed E-state index contributed by atoms with van der Waals surface area (Å²) in [6.07, 6.45) is 0.188. The third kappa shape index (κ3) is 3.99. The van der Waals surface area contributed by atoms with Crippen molar-refractivity contribution in [2.75, 3.05) is 7.05 Å². The molecule has 2 rings (SSSR count). The van der Waals surface area contributed by atoms with E-state index in [1.165, 1.54) is 0 Å². The summed E-state index contributed by atoms with van der Waals surface area (Å²) in [7, 11) is 1.93. The van der Waals surface area contributed by atoms with Gasteiger partial charge >= 0.3 is 0 Å². The predicted molar refractivity (Wildman–Crippen MR) is 90.1 cm³/mol. The van der Waals surface area contributed by atoms with Gasteiger partial charge in [-0.15, -0.1) is 0 Å². The third-order valence-electron chi connectivity index (χ3n) is 3.46. The van der Waals surface area contributed by atoms with Crippen LogP contribution in [0.2, 0.25) is 5.02 Å². The van der Waals surface area contributed by atoms with Gasteiger partial charge in [0.1, 0.15) is 5.75 Å². The van der Waals surface area contributed by atoms with Crippen molar-refractivity contribution >= 4 is 11.6 Å². The molecule has 0 amide bonds. The molecule has 0 radical (unpaired) electrons. The highest BCUT2D eigenvalue weighted by atomic mass is 35.5. The largest absolute Gasteiger partial charge is 0.491 e. The molecule has 0 heterocycles. The van der Waals surface area contributed by atoms with Gasteiger partial charge in [0.2, 0.25) is 0 Å². The molecule has 21 heavy (non-hydrogen) atoms. The standard InChI is InChI=1S/C18H22ClNO/c1-12(2)21-16-8-5-14(6-9-16)15-7-10-17(13(3)20-4)18(19)11-15/h5-13,20H,1-4H3. The molecule has 0 bridgehead atoms. The summed E-state index contributed by atoms with van der Waals surface area (Å²) < 4.78 is 5.66. The Kier molecular flexibility index (Phi) is 5.27. The zero-order valence-corrected chi connectivity index (χ0v) is 13.7. The molecule has 1 N–H and O–H groups in total. The number of benzene rings is 2. The van der Waals surface area contributed by atoms with Crippen LogP contribution < -0.4 is 10.1 Å². The van der Waals surface area contributed by atoms with Gasteiger partial charge in [-0.25, -0.2) is 0 Å². The quantitative estimate of drug-likeness (QED) is 0.832. The van der Waals surface area contributed by atoms with Gasteiger partial charge in [0, 0.05) is 11.1 Å². The maximum Gasteiger partial charge on any atom is 0.119 e. The highest BCUT2D eigenvalue weighted by molar-refractivity contribution is 6.31. The van der Waals surface area contributed by atoms with Crippen LogP contribution in [0.1, 0.15) is 32.4 Å². The predicted octanol–water partition coefficient (Wildman–Crippen LogP) is 5.07. The second-order valence-corrected chi connectivity index (χ2v) is 5.84. The Morgan fingerprint density at radius 3 is 2.10 bits per heavy atom. The Morgan fingerprint density at radius 2 is 1.57 bits per heavy atom. The minimum absolute atomic E-state index is 0.188. The Balaban J connectivity index is 2.24. The van der Waals surface area contributed by atoms with Crippen LogP contribution in [0.4, 0.5) is 0 Å². The van der Waals surface area contributed by atoms with Gasteiger partial charge in [-0.3, -0.25) is 0 Å². The van der Waals surface area contributed by atoms with Gasteiger partial charge in [0.05, 0.1) is 6.10 Å². The smallest absolute Gasteiger partial charge is 0.119 e. The van der Waals surface area contributed by atoms with E-state index in [4.69, 9.17) is 16.3 Å². The summed E-state index contributed by atoms with van der Waals surface area (Å²) in [4.78, 5) is 0. The van der Waals surface area contributed by atoms with Gasteiger partial charge in [-0.1, -0.05) is 35.9 Å². The molecule has 0 aliphatic rings. The molecule has 1 atom stereocenters. The number of hydrogen-bond donors (Lipinski definition) is 1. The number of nitrogens with one attached hydrogen (secondary N) is 1. The van der Waals surface area contributed by atoms with E-state index in [-0.39, 0.29) is 12.1 Å². The Hall–Kier alpha value is -1.51. The van der Waals surface area contributed by atoms with E-state index in [0.29, 0.717) is 0 Å². The minimum Gasteiger partial charge on any atom is -0.491 e. The first-order valence-corrected chi connectivity index (χ1v) is 7.63. The molecule has 0 aromatic heterocycles. The van der Waals surface area contributed by atoms with Crippen molar-refractivity contribution in [2.24, 2.45) is 0 Å². The van der Waals surface area contributed by atoms with E-state index in [9.17, 15) is 0 Å². The lowest BCUT2D eigenvalue weighted by Crippen LogP contribution is -2.12. The van der Waals surface area contributed by atoms with E-state index in [1.54, 1.807) is 0 Å². The maximum atomic E-state index is 6.39. The van der Waals surface area contributed by atoms with E-state index in [0.717, 1.165) is 27.5 Å². The Labute approximate surface area is 132 Å². The highest BCUT2D eigenvalue weighted by Crippen LogP contribution is 2.30. The normalized spacial score (nSPS) is 12.5. The van der Waals surface area contributed by atoms with Crippen molar-refractivity contribution in [1.29, 1.82) is 0 Å². The van der Waals surface area contributed by atoms with Gasteiger partial charge in [0.15, 0.2) is 0 Å². The summed E-state index contributed by atoms with van der Waals surface area (Å²) in [6, 6.07) is 14.6. The fourth-order valence-corrected chi connectivity index (χ4v) is 2.56. The topological polar surface area (TPSA) is 21.3 Å². The molecule has 1 unspecified atom stereocenters. The maximum absolute atomic E-state index is 6.39. The number of ether oxygens (including phenoxy) is 1. The first-order valence-electron chi connectivity index (χ1n) is 7.25. The average Bonchev–Trinajstić information content (AvgIpc) is 2.46. The zero-order chi connectivity index (χ0) is 15.4. The molecule has 0 aliphatic heterocycles. The van der Waals surface area contributed by atoms with Crippen LogP contribution in [0.3, 0.4) is 0 Å². The second-order valence-electron chi connectivity index (χ2n) is 5.44. The lowest BCUT2D eigenvalue weighted by molar-refractivity contribution is 0.242. The molecule has 2 nitrogen and oxygen atoms in total. The molecule has 0 spiro atoms. The van der Waals surface area contributed by atoms with Crippen LogP contribution in [0.25, 0.3) is 11.1 Å². The van der Waals surface area contributed by atoms with Gasteiger partial charge < -0.3 is 10.1 Å². The van der Waals surface area contributed by atoms with E-state index in [2.05, 4.69) is 36.5 Å². The van der Waals surface area contributed by atoms with Crippen LogP contribution in [-0.2, 0) is 0 Å². The molecule has 3 heteroatoms. The Morgan fingerprint density at radius 1 is 0.952 bits per heavy atom. The van der Waals surface area contributed by atoms with Crippen LogP contribution >= 0.6 is 11.6 Å². The van der Waals surface area contributed by atoms with Gasteiger partial charge in [0.25, 0.3) is 0 Å². The highest BCUT2D eigenvalue weighted by Gasteiger charge is 2.09. The molecule has 2 aromatic rings. The number of hydrogen-bond acceptors (Lipinski definition) is 2. The molecule has 2 aromatic carbocycles. The molecule has 0 fully saturated rings. The van der Waals surface area contributed by atoms with Crippen LogP contribution in [-0.4, -0.2) is 13.2 Å². The fraction of sp³-hybridized carbons (Fsp3) is 0.333. The molecular formula is C18H22ClNO. The van der Waals surface area contributed by atoms with E-state index < -0.39 is 0 Å². The summed E-state index contributed by atoms with van der Waals surface area (Å²) in [5.41, 5.74) is 3.36. The summed E-state index contributed by atoms with van der Waals surface area (Å²) in [5, 5.41) is 3.99. The van der Waals surface area contributed by atoms with Gasteiger partial charge in [-0.05, 0) is 62.7 Å². The van der Waals surface area contributed by atoms with Crippen molar-refractivity contribution in [3.05, 3.63) is 53.1 Å². The first-order chi connectivity index (χ1) is 10.0. The first kappa shape index (κ1) is 15.9. The zero-order valence-electron chi connectivity index (χ0n) is 13.0. The molecule has 0 aliphatic carbocycles. The van der Waals surface area contributed by atoms with Crippen molar-refractivity contribution in [2.45, 2.75) is 32.9 Å². The summed E-state index contributed by atoms with van der Waals surface area (Å²) in [6.45, 7) is 6.14. The van der Waals surface area contributed by atoms with Crippen molar-refractivity contribution in [3.63, 3.8) is 0 Å². The molecule has 0 saturated carbocycles. The van der Waals surface area contributed by atoms with Crippen LogP contribution in [0.5, 0.6) is 5.75 Å². The average molecular weight is 304 g/mol. The van der Waals surface area contributed by atoms with Crippen molar-refractivity contribution < 1.29 is 4.74 Å². The Bertz CT molecular complexity index is 593. The summed E-state index contributed by atoms with van der Waals surface area (Å²) in [5.74, 6) is 0.889. The van der Waals surface area contributed by atoms with Crippen LogP contribution in [0, 0.1) is 0 Å². The lowest BCUT2D eigenvalue weighted by atomic mass is 10.0. The van der Waals surface area contributed by atoms with Gasteiger partial charge in [-0.2, -0.15) is 0 Å². The van der Waals surface area contributed by atoms with Crippen LogP contribution in [0.15, 0.2) is 42.5 Å². The van der Waals surface area contributed by atoms with Crippen molar-refractivity contribution in [3.8, 4) is 16.9 Å². The lowest BCUT2D eigenvalue weighted by Gasteiger charge is -2.14. The molecular weight excluding hydrogens is 282 g/mol. The number of halogens is 1. The van der Waals surface area contributed by atoms with E-state index >= 15 is 0 Å². The third-order valence-corrected chi connectivity index (χ3v) is 3.79. The van der Waals surface area contributed by atoms with E-state index in [1.807, 2.05) is 39.1 Å². The fourth-order valence-electron chi connectivity index (χ4n) is 2.21. The summed E-state index contributed by atoms with van der Waals surface area (Å²) >= 11 is 6.39. The second kappa shape index (κ2) is 6.97. The van der Waals surface area contributed by atoms with Crippen molar-refractivity contribution in [1.82, 2.24) is 5.32 Å². The molecule has 0 saturated heterocycles. The molecule has 112 valence electrons.